The summed E-state index contributed by atoms with van der Waals surface area (Å²) < 4.78 is 35.2. The number of aliphatic hydroxyl groups is 9. The van der Waals surface area contributed by atoms with Crippen molar-refractivity contribution in [1.82, 2.24) is 15.0 Å². The van der Waals surface area contributed by atoms with Crippen molar-refractivity contribution in [3.05, 3.63) is 6.20 Å². The molecule has 3 saturated heterocycles. The van der Waals surface area contributed by atoms with Gasteiger partial charge in [-0.3, -0.25) is 0 Å². The lowest BCUT2D eigenvalue weighted by Crippen LogP contribution is -2.65. The molecule has 3 aliphatic heterocycles. The van der Waals surface area contributed by atoms with Gasteiger partial charge in [0.1, 0.15) is 67.1 Å². The fourth-order valence-corrected chi connectivity index (χ4v) is 6.66. The summed E-state index contributed by atoms with van der Waals surface area (Å²) in [5, 5.41) is 102. The summed E-state index contributed by atoms with van der Waals surface area (Å²) >= 11 is 4.05. The maximum Gasteiger partial charge on any atom is 0.255 e. The molecule has 296 valence electrons. The highest BCUT2D eigenvalue weighted by atomic mass is 32.1. The zero-order valence-corrected chi connectivity index (χ0v) is 29.8. The normalized spacial score (nSPS) is 38.9. The summed E-state index contributed by atoms with van der Waals surface area (Å²) in [4.78, 5) is 0. The summed E-state index contributed by atoms with van der Waals surface area (Å²) in [5.41, 5.74) is 0. The molecule has 0 spiro atoms. The van der Waals surface area contributed by atoms with Gasteiger partial charge in [-0.25, -0.2) is 4.68 Å². The summed E-state index contributed by atoms with van der Waals surface area (Å²) in [6.45, 7) is 1.55. The minimum atomic E-state index is -1.86. The van der Waals surface area contributed by atoms with Crippen LogP contribution < -0.4 is 4.74 Å². The van der Waals surface area contributed by atoms with Crippen molar-refractivity contribution in [3.63, 3.8) is 0 Å². The Labute approximate surface area is 302 Å². The zero-order chi connectivity index (χ0) is 37.1. The van der Waals surface area contributed by atoms with Crippen molar-refractivity contribution in [2.45, 2.75) is 170 Å². The van der Waals surface area contributed by atoms with E-state index in [1.165, 1.54) is 51.1 Å². The summed E-state index contributed by atoms with van der Waals surface area (Å²) in [6.07, 6.45) is -10.0. The molecule has 0 aliphatic carbocycles. The van der Waals surface area contributed by atoms with E-state index in [1.807, 2.05) is 0 Å². The van der Waals surface area contributed by atoms with Gasteiger partial charge in [0, 0.05) is 12.3 Å². The number of ether oxygens (including phenoxy) is 6. The number of hydrogen-bond acceptors (Lipinski definition) is 18. The van der Waals surface area contributed by atoms with E-state index < -0.39 is 105 Å². The number of aryl methyl sites for hydroxylation is 1. The second kappa shape index (κ2) is 21.0. The monoisotopic (exact) mass is 755 g/mol. The molecule has 3 aliphatic rings. The van der Waals surface area contributed by atoms with E-state index in [1.54, 1.807) is 4.68 Å². The fourth-order valence-electron chi connectivity index (χ4n) is 6.36. The molecule has 3 fully saturated rings. The number of unbranched alkanes of at least 4 members (excludes halogenated alkanes) is 9. The number of hydrogen-bond donors (Lipinski definition) is 10. The highest BCUT2D eigenvalue weighted by Crippen LogP contribution is 2.31. The van der Waals surface area contributed by atoms with Gasteiger partial charge in [0.2, 0.25) is 6.29 Å². The first-order valence-electron chi connectivity index (χ1n) is 18.0. The second-order valence-electron chi connectivity index (χ2n) is 13.5. The molecular weight excluding hydrogens is 698 g/mol. The van der Waals surface area contributed by atoms with Gasteiger partial charge in [-0.1, -0.05) is 75.0 Å². The van der Waals surface area contributed by atoms with Gasteiger partial charge in [-0.05, 0) is 6.42 Å². The highest BCUT2D eigenvalue weighted by molar-refractivity contribution is 7.80. The van der Waals surface area contributed by atoms with E-state index in [2.05, 4.69) is 29.9 Å². The van der Waals surface area contributed by atoms with Gasteiger partial charge in [-0.2, -0.15) is 12.6 Å². The predicted octanol–water partition coefficient (Wildman–Crippen LogP) is -2.04. The minimum absolute atomic E-state index is 0.0106. The Balaban J connectivity index is 1.26. The first kappa shape index (κ1) is 42.5. The standard InChI is InChI=1S/C32H57N3O15S/c1-2-3-4-5-6-7-8-9-10-11-12-35-13-20(33-34-35)49-31-28(44)25(41)29(17(14-36)46-31)50-32-27(43)23(39)21(37)18(47-32)15-45-30-26(42)24(40)22(38)19(16-51)48-30/h13,17-19,21-32,36-44,51H,2-12,14-16H2,1H3/t17-,18-,19-,21+,22+,23+,24+,25-,26-,27-,28-,29-,30-,31+,32+/m1/s1. The molecule has 1 aromatic rings. The molecule has 0 bridgehead atoms. The molecule has 4 heterocycles. The van der Waals surface area contributed by atoms with Gasteiger partial charge < -0.3 is 74.4 Å². The molecular formula is C32H57N3O15S. The first-order chi connectivity index (χ1) is 24.5. The third-order valence-corrected chi connectivity index (χ3v) is 9.91. The van der Waals surface area contributed by atoms with Crippen LogP contribution in [0.3, 0.4) is 0 Å². The Morgan fingerprint density at radius 2 is 1.22 bits per heavy atom. The molecule has 4 rings (SSSR count). The van der Waals surface area contributed by atoms with E-state index in [4.69, 9.17) is 28.4 Å². The molecule has 9 N–H and O–H groups in total. The SMILES string of the molecule is CCCCCCCCCCCCn1cc(O[C@@H]2O[C@H](CO)[C@@H](O[C@@H]3O[C@H](CO[C@@H]4O[C@H](CS)[C@H](O)[C@H](O)[C@H]4O)[C@H](O)[C@H](O)[C@H]3O)[C@H](O)[C@H]2O)nn1. The highest BCUT2D eigenvalue weighted by Gasteiger charge is 2.52. The quantitative estimate of drug-likeness (QED) is 0.0508. The first-order valence-corrected chi connectivity index (χ1v) is 18.6. The molecule has 0 radical (unpaired) electrons. The predicted molar refractivity (Wildman–Crippen MR) is 178 cm³/mol. The Morgan fingerprint density at radius 3 is 1.84 bits per heavy atom. The Hall–Kier alpha value is -1.27. The molecule has 18 nitrogen and oxygen atoms in total. The van der Waals surface area contributed by atoms with Crippen LogP contribution in [-0.2, 0) is 30.2 Å². The third kappa shape index (κ3) is 11.4. The van der Waals surface area contributed by atoms with Crippen LogP contribution in [0.2, 0.25) is 0 Å². The smallest absolute Gasteiger partial charge is 0.255 e. The van der Waals surface area contributed by atoms with Crippen LogP contribution in [0, 0.1) is 0 Å². The Morgan fingerprint density at radius 1 is 0.667 bits per heavy atom. The molecule has 19 heteroatoms. The van der Waals surface area contributed by atoms with Crippen LogP contribution in [0.15, 0.2) is 6.20 Å². The lowest BCUT2D eigenvalue weighted by Gasteiger charge is -2.46. The summed E-state index contributed by atoms with van der Waals surface area (Å²) in [6, 6.07) is 0. The van der Waals surface area contributed by atoms with E-state index in [9.17, 15) is 46.0 Å². The van der Waals surface area contributed by atoms with Crippen molar-refractivity contribution in [2.75, 3.05) is 19.0 Å². The van der Waals surface area contributed by atoms with Crippen LogP contribution in [0.1, 0.15) is 71.1 Å². The third-order valence-electron chi connectivity index (χ3n) is 9.55. The summed E-state index contributed by atoms with van der Waals surface area (Å²) in [5.74, 6) is 0.0127. The molecule has 15 atom stereocenters. The lowest BCUT2D eigenvalue weighted by atomic mass is 9.97. The number of aromatic nitrogens is 3. The molecule has 51 heavy (non-hydrogen) atoms. The average Bonchev–Trinajstić information content (AvgIpc) is 3.58. The number of thiol groups is 1. The van der Waals surface area contributed by atoms with Crippen molar-refractivity contribution in [1.29, 1.82) is 0 Å². The van der Waals surface area contributed by atoms with Crippen molar-refractivity contribution >= 4 is 12.6 Å². The topological polar surface area (TPSA) is 268 Å². The number of nitrogens with zero attached hydrogens (tertiary/aromatic N) is 3. The minimum Gasteiger partial charge on any atom is -0.443 e. The molecule has 0 aromatic carbocycles. The number of rotatable bonds is 20. The van der Waals surface area contributed by atoms with Crippen molar-refractivity contribution < 1.29 is 74.4 Å². The van der Waals surface area contributed by atoms with Crippen LogP contribution in [0.5, 0.6) is 5.88 Å². The van der Waals surface area contributed by atoms with Crippen LogP contribution >= 0.6 is 12.6 Å². The van der Waals surface area contributed by atoms with E-state index >= 15 is 0 Å². The molecule has 0 amide bonds. The van der Waals surface area contributed by atoms with E-state index in [0.717, 1.165) is 19.3 Å². The lowest BCUT2D eigenvalue weighted by molar-refractivity contribution is -0.359. The van der Waals surface area contributed by atoms with Gasteiger partial charge in [0.15, 0.2) is 12.6 Å². The van der Waals surface area contributed by atoms with Gasteiger partial charge in [0.25, 0.3) is 5.88 Å². The number of aliphatic hydroxyl groups excluding tert-OH is 9. The van der Waals surface area contributed by atoms with E-state index in [0.29, 0.717) is 6.54 Å². The molecule has 1 aromatic heterocycles. The van der Waals surface area contributed by atoms with Gasteiger partial charge in [-0.15, -0.1) is 0 Å². The molecule has 0 unspecified atom stereocenters. The Bertz CT molecular complexity index is 1120. The second-order valence-corrected chi connectivity index (χ2v) is 13.8. The van der Waals surface area contributed by atoms with Crippen molar-refractivity contribution in [2.24, 2.45) is 0 Å². The van der Waals surface area contributed by atoms with Crippen LogP contribution in [0.25, 0.3) is 0 Å². The van der Waals surface area contributed by atoms with Crippen LogP contribution in [-0.4, -0.2) is 172 Å². The van der Waals surface area contributed by atoms with Crippen molar-refractivity contribution in [3.8, 4) is 5.88 Å². The largest absolute Gasteiger partial charge is 0.443 e. The Kier molecular flexibility index (Phi) is 17.5. The summed E-state index contributed by atoms with van der Waals surface area (Å²) in [7, 11) is 0. The van der Waals surface area contributed by atoms with Gasteiger partial charge in [0.05, 0.1) is 25.5 Å². The fraction of sp³-hybridized carbons (Fsp3) is 0.938. The van der Waals surface area contributed by atoms with Crippen LogP contribution in [0.4, 0.5) is 0 Å². The molecule has 0 saturated carbocycles. The van der Waals surface area contributed by atoms with Gasteiger partial charge >= 0.3 is 0 Å². The maximum atomic E-state index is 11.0. The van der Waals surface area contributed by atoms with E-state index in [-0.39, 0.29) is 11.6 Å². The maximum absolute atomic E-state index is 11.0. The zero-order valence-electron chi connectivity index (χ0n) is 28.9. The average molecular weight is 756 g/mol.